The van der Waals surface area contributed by atoms with Gasteiger partial charge >= 0.3 is 0 Å². The highest BCUT2D eigenvalue weighted by Gasteiger charge is 2.36. The summed E-state index contributed by atoms with van der Waals surface area (Å²) in [5.74, 6) is 0.420. The molecule has 3 rings (SSSR count). The van der Waals surface area contributed by atoms with Gasteiger partial charge in [-0.3, -0.25) is 0 Å². The Morgan fingerprint density at radius 3 is 2.50 bits per heavy atom. The Morgan fingerprint density at radius 1 is 1.19 bits per heavy atom. The molecule has 0 radical (unpaired) electrons. The number of nitrogens with two attached hydrogens (primary N) is 2. The Hall–Kier alpha value is -2.32. The maximum absolute atomic E-state index is 13.0. The summed E-state index contributed by atoms with van der Waals surface area (Å²) in [6.07, 6.45) is -0.240. The standard InChI is InChI=1S/C19H25N3O4/c1-19(2)24-12-16(26-19)11-22(3,23)14-5-7-15(8-6-14)25-18-10-13(20)4-9-17(18)21/h4-10,16H,11-12,20-21H2,1-3H3. The summed E-state index contributed by atoms with van der Waals surface area (Å²) in [6.45, 7) is 4.37. The molecule has 1 aliphatic rings. The first kappa shape index (κ1) is 18.5. The Morgan fingerprint density at radius 2 is 1.88 bits per heavy atom. The fraction of sp³-hybridized carbons (Fsp3) is 0.368. The van der Waals surface area contributed by atoms with Gasteiger partial charge in [-0.25, -0.2) is 0 Å². The molecule has 2 atom stereocenters. The van der Waals surface area contributed by atoms with E-state index >= 15 is 0 Å². The maximum atomic E-state index is 13.0. The Bertz CT molecular complexity index is 775. The van der Waals surface area contributed by atoms with Crippen molar-refractivity contribution in [2.75, 3.05) is 31.7 Å². The molecule has 0 aromatic heterocycles. The van der Waals surface area contributed by atoms with Crippen LogP contribution in [0.3, 0.4) is 0 Å². The van der Waals surface area contributed by atoms with Crippen LogP contribution in [0.2, 0.25) is 0 Å². The van der Waals surface area contributed by atoms with Crippen molar-refractivity contribution < 1.29 is 14.2 Å². The number of nitrogen functional groups attached to an aromatic ring is 2. The van der Waals surface area contributed by atoms with E-state index in [1.54, 1.807) is 49.5 Å². The highest BCUT2D eigenvalue weighted by molar-refractivity contribution is 5.61. The van der Waals surface area contributed by atoms with E-state index in [4.69, 9.17) is 25.7 Å². The monoisotopic (exact) mass is 359 g/mol. The number of anilines is 2. The van der Waals surface area contributed by atoms with Crippen molar-refractivity contribution in [1.29, 1.82) is 0 Å². The third-order valence-corrected chi connectivity index (χ3v) is 4.27. The van der Waals surface area contributed by atoms with E-state index in [0.29, 0.717) is 35.2 Å². The number of hydrogen-bond donors (Lipinski definition) is 2. The molecule has 26 heavy (non-hydrogen) atoms. The van der Waals surface area contributed by atoms with E-state index in [-0.39, 0.29) is 12.6 Å². The first-order valence-electron chi connectivity index (χ1n) is 8.46. The SMILES string of the molecule is CC1(C)OCC(C[N+](C)([O-])c2ccc(Oc3cc(N)ccc3N)cc2)O1. The third-order valence-electron chi connectivity index (χ3n) is 4.27. The second-order valence-electron chi connectivity index (χ2n) is 7.13. The Labute approximate surface area is 153 Å². The van der Waals surface area contributed by atoms with Gasteiger partial charge in [0.1, 0.15) is 24.1 Å². The first-order chi connectivity index (χ1) is 12.1. The molecular formula is C19H25N3O4. The number of ether oxygens (including phenoxy) is 3. The zero-order valence-electron chi connectivity index (χ0n) is 15.3. The number of rotatable bonds is 5. The van der Waals surface area contributed by atoms with Crippen molar-refractivity contribution in [3.63, 3.8) is 0 Å². The number of hydroxylamine groups is 2. The van der Waals surface area contributed by atoms with Crippen LogP contribution in [0.5, 0.6) is 11.5 Å². The molecule has 0 amide bonds. The predicted molar refractivity (Wildman–Crippen MR) is 103 cm³/mol. The number of hydrogen-bond acceptors (Lipinski definition) is 6. The van der Waals surface area contributed by atoms with Crippen molar-refractivity contribution in [2.24, 2.45) is 0 Å². The third kappa shape index (κ3) is 4.25. The average molecular weight is 359 g/mol. The van der Waals surface area contributed by atoms with Crippen LogP contribution in [0, 0.1) is 5.21 Å². The maximum Gasteiger partial charge on any atom is 0.163 e. The van der Waals surface area contributed by atoms with Crippen molar-refractivity contribution in [3.05, 3.63) is 47.7 Å². The lowest BCUT2D eigenvalue weighted by atomic mass is 10.2. The van der Waals surface area contributed by atoms with Crippen molar-refractivity contribution in [1.82, 2.24) is 4.65 Å². The molecule has 7 nitrogen and oxygen atoms in total. The van der Waals surface area contributed by atoms with E-state index in [9.17, 15) is 5.21 Å². The molecule has 2 aromatic rings. The normalized spacial score (nSPS) is 21.3. The van der Waals surface area contributed by atoms with Crippen LogP contribution in [0.1, 0.15) is 13.8 Å². The van der Waals surface area contributed by atoms with Gasteiger partial charge in [-0.2, -0.15) is 0 Å². The van der Waals surface area contributed by atoms with Crippen LogP contribution in [-0.4, -0.2) is 32.1 Å². The van der Waals surface area contributed by atoms with E-state index in [1.165, 1.54) is 0 Å². The summed E-state index contributed by atoms with van der Waals surface area (Å²) in [5, 5.41) is 13.0. The van der Waals surface area contributed by atoms with Crippen LogP contribution in [-0.2, 0) is 9.47 Å². The Balaban J connectivity index is 1.69. The topological polar surface area (TPSA) is 103 Å². The fourth-order valence-electron chi connectivity index (χ4n) is 2.94. The summed E-state index contributed by atoms with van der Waals surface area (Å²) >= 11 is 0. The van der Waals surface area contributed by atoms with Crippen molar-refractivity contribution in [3.8, 4) is 11.5 Å². The molecule has 0 spiro atoms. The van der Waals surface area contributed by atoms with Crippen LogP contribution in [0.4, 0.5) is 17.1 Å². The number of nitrogens with zero attached hydrogens (tertiary/aromatic N) is 1. The van der Waals surface area contributed by atoms with Crippen LogP contribution < -0.4 is 20.9 Å². The minimum atomic E-state index is -0.639. The predicted octanol–water partition coefficient (Wildman–Crippen LogP) is 3.23. The summed E-state index contributed by atoms with van der Waals surface area (Å²) in [5.41, 5.74) is 13.3. The first-order valence-corrected chi connectivity index (χ1v) is 8.46. The lowest BCUT2D eigenvalue weighted by molar-refractivity contribution is -0.139. The molecule has 1 saturated heterocycles. The summed E-state index contributed by atoms with van der Waals surface area (Å²) in [7, 11) is 1.60. The number of quaternary nitrogens is 1. The van der Waals surface area contributed by atoms with E-state index < -0.39 is 10.4 Å². The largest absolute Gasteiger partial charge is 0.627 e. The Kier molecular flexibility index (Phi) is 4.81. The smallest absolute Gasteiger partial charge is 0.163 e. The van der Waals surface area contributed by atoms with E-state index in [1.807, 2.05) is 13.8 Å². The van der Waals surface area contributed by atoms with Crippen molar-refractivity contribution >= 4 is 17.1 Å². The highest BCUT2D eigenvalue weighted by atomic mass is 16.7. The molecule has 0 bridgehead atoms. The van der Waals surface area contributed by atoms with Gasteiger partial charge < -0.3 is 35.5 Å². The van der Waals surface area contributed by atoms with Crippen LogP contribution >= 0.6 is 0 Å². The summed E-state index contributed by atoms with van der Waals surface area (Å²) < 4.78 is 16.5. The molecule has 1 fully saturated rings. The summed E-state index contributed by atoms with van der Waals surface area (Å²) in [6, 6.07) is 12.0. The minimum absolute atomic E-state index is 0.240. The lowest BCUT2D eigenvalue weighted by Crippen LogP contribution is -2.45. The van der Waals surface area contributed by atoms with Gasteiger partial charge in [0.2, 0.25) is 0 Å². The highest BCUT2D eigenvalue weighted by Crippen LogP contribution is 2.32. The van der Waals surface area contributed by atoms with Gasteiger partial charge in [-0.15, -0.1) is 0 Å². The molecule has 0 saturated carbocycles. The van der Waals surface area contributed by atoms with Gasteiger partial charge in [0.05, 0.1) is 19.3 Å². The van der Waals surface area contributed by atoms with Gasteiger partial charge in [-0.1, -0.05) is 0 Å². The van der Waals surface area contributed by atoms with Gasteiger partial charge in [0, 0.05) is 23.9 Å². The molecule has 4 N–H and O–H groups in total. The van der Waals surface area contributed by atoms with Gasteiger partial charge in [0.15, 0.2) is 11.5 Å². The minimum Gasteiger partial charge on any atom is -0.627 e. The second-order valence-corrected chi connectivity index (χ2v) is 7.13. The lowest BCUT2D eigenvalue weighted by Gasteiger charge is -2.39. The zero-order valence-corrected chi connectivity index (χ0v) is 15.3. The fourth-order valence-corrected chi connectivity index (χ4v) is 2.94. The number of benzene rings is 2. The quantitative estimate of drug-likeness (QED) is 0.483. The van der Waals surface area contributed by atoms with E-state index in [0.717, 1.165) is 0 Å². The van der Waals surface area contributed by atoms with Gasteiger partial charge in [0.25, 0.3) is 0 Å². The molecular weight excluding hydrogens is 334 g/mol. The van der Waals surface area contributed by atoms with Crippen LogP contribution in [0.25, 0.3) is 0 Å². The average Bonchev–Trinajstić information content (AvgIpc) is 2.89. The molecule has 7 heteroatoms. The van der Waals surface area contributed by atoms with Crippen LogP contribution in [0.15, 0.2) is 42.5 Å². The molecule has 1 aliphatic heterocycles. The molecule has 2 unspecified atom stereocenters. The zero-order chi connectivity index (χ0) is 18.9. The molecule has 2 aromatic carbocycles. The molecule has 1 heterocycles. The van der Waals surface area contributed by atoms with Gasteiger partial charge in [-0.05, 0) is 38.1 Å². The molecule has 140 valence electrons. The van der Waals surface area contributed by atoms with Crippen molar-refractivity contribution in [2.45, 2.75) is 25.7 Å². The summed E-state index contributed by atoms with van der Waals surface area (Å²) in [4.78, 5) is 0. The molecule has 0 aliphatic carbocycles. The number of likely N-dealkylation sites (N-methyl/N-ethyl adjacent to an activating group) is 1. The second kappa shape index (κ2) is 6.77. The van der Waals surface area contributed by atoms with E-state index in [2.05, 4.69) is 0 Å².